The van der Waals surface area contributed by atoms with Gasteiger partial charge in [0.25, 0.3) is 0 Å². The molecule has 0 bridgehead atoms. The van der Waals surface area contributed by atoms with Crippen molar-refractivity contribution in [1.29, 1.82) is 0 Å². The third-order valence-corrected chi connectivity index (χ3v) is 2.07. The summed E-state index contributed by atoms with van der Waals surface area (Å²) in [5.41, 5.74) is 0.370. The Morgan fingerprint density at radius 3 is 3.12 bits per heavy atom. The van der Waals surface area contributed by atoms with Crippen LogP contribution in [0.4, 0.5) is 11.4 Å². The molecule has 88 valence electrons. The molecule has 2 aromatic rings. The van der Waals surface area contributed by atoms with E-state index in [4.69, 9.17) is 0 Å². The minimum Gasteiger partial charge on any atom is -0.379 e. The van der Waals surface area contributed by atoms with E-state index in [0.29, 0.717) is 24.5 Å². The van der Waals surface area contributed by atoms with Gasteiger partial charge in [-0.2, -0.15) is 4.98 Å². The second-order valence-electron chi connectivity index (χ2n) is 3.17. The number of anilines is 1. The van der Waals surface area contributed by atoms with Gasteiger partial charge >= 0.3 is 5.69 Å². The Hall–Kier alpha value is -2.51. The van der Waals surface area contributed by atoms with Gasteiger partial charge in [0, 0.05) is 19.2 Å². The Morgan fingerprint density at radius 2 is 2.41 bits per heavy atom. The molecule has 1 N–H and O–H groups in total. The van der Waals surface area contributed by atoms with Crippen LogP contribution in [0.5, 0.6) is 0 Å². The first kappa shape index (κ1) is 11.0. The largest absolute Gasteiger partial charge is 0.379 e. The maximum absolute atomic E-state index is 10.7. The number of pyridine rings is 1. The van der Waals surface area contributed by atoms with Crippen LogP contribution in [0.1, 0.15) is 5.82 Å². The molecule has 0 amide bonds. The smallest absolute Gasteiger partial charge is 0.310 e. The van der Waals surface area contributed by atoms with Gasteiger partial charge < -0.3 is 9.84 Å². The first-order valence-electron chi connectivity index (χ1n) is 4.85. The molecular formula is C9H9N5O3. The molecule has 0 spiro atoms. The molecule has 0 saturated heterocycles. The van der Waals surface area contributed by atoms with Gasteiger partial charge in [0.15, 0.2) is 5.82 Å². The van der Waals surface area contributed by atoms with Crippen molar-refractivity contribution in [3.05, 3.63) is 40.8 Å². The number of nitro groups is 1. The minimum atomic E-state index is -0.482. The van der Waals surface area contributed by atoms with Crippen molar-refractivity contribution in [1.82, 2.24) is 15.1 Å². The Morgan fingerprint density at radius 1 is 1.53 bits per heavy atom. The summed E-state index contributed by atoms with van der Waals surface area (Å²) >= 11 is 0. The minimum absolute atomic E-state index is 0.0550. The lowest BCUT2D eigenvalue weighted by atomic mass is 10.3. The van der Waals surface area contributed by atoms with E-state index in [0.717, 1.165) is 0 Å². The Balaban J connectivity index is 1.97. The fraction of sp³-hybridized carbons (Fsp3) is 0.222. The molecular weight excluding hydrogens is 226 g/mol. The van der Waals surface area contributed by atoms with Gasteiger partial charge in [0.1, 0.15) is 11.9 Å². The molecule has 17 heavy (non-hydrogen) atoms. The van der Waals surface area contributed by atoms with Gasteiger partial charge in [-0.05, 0) is 6.07 Å². The second-order valence-corrected chi connectivity index (χ2v) is 3.17. The van der Waals surface area contributed by atoms with Crippen LogP contribution < -0.4 is 5.32 Å². The van der Waals surface area contributed by atoms with Crippen molar-refractivity contribution in [2.45, 2.75) is 6.42 Å². The van der Waals surface area contributed by atoms with Crippen LogP contribution in [-0.2, 0) is 6.42 Å². The summed E-state index contributed by atoms with van der Waals surface area (Å²) in [5.74, 6) is 0.550. The maximum atomic E-state index is 10.7. The van der Waals surface area contributed by atoms with E-state index in [1.165, 1.54) is 18.8 Å². The van der Waals surface area contributed by atoms with Gasteiger partial charge in [-0.1, -0.05) is 5.16 Å². The van der Waals surface area contributed by atoms with Gasteiger partial charge in [-0.3, -0.25) is 15.1 Å². The van der Waals surface area contributed by atoms with Crippen LogP contribution in [0.2, 0.25) is 0 Å². The van der Waals surface area contributed by atoms with Crippen LogP contribution in [-0.4, -0.2) is 26.6 Å². The molecule has 8 heteroatoms. The van der Waals surface area contributed by atoms with Crippen molar-refractivity contribution < 1.29 is 9.45 Å². The van der Waals surface area contributed by atoms with Crippen LogP contribution in [0.15, 0.2) is 29.4 Å². The molecule has 0 saturated carbocycles. The summed E-state index contributed by atoms with van der Waals surface area (Å²) in [5, 5.41) is 17.3. The number of rotatable bonds is 5. The zero-order chi connectivity index (χ0) is 12.1. The standard InChI is InChI=1S/C9H9N5O3/c15-14(16)8-5-10-3-1-7(8)11-4-2-9-12-6-17-13-9/h1,3,5-6H,2,4H2,(H,10,11). The van der Waals surface area contributed by atoms with Gasteiger partial charge in [0.2, 0.25) is 6.39 Å². The normalized spacial score (nSPS) is 10.1. The van der Waals surface area contributed by atoms with E-state index in [-0.39, 0.29) is 5.69 Å². The highest BCUT2D eigenvalue weighted by atomic mass is 16.6. The molecule has 2 aromatic heterocycles. The van der Waals surface area contributed by atoms with Gasteiger partial charge in [0.05, 0.1) is 4.92 Å². The quantitative estimate of drug-likeness (QED) is 0.609. The average molecular weight is 235 g/mol. The van der Waals surface area contributed by atoms with Crippen molar-refractivity contribution in [2.24, 2.45) is 0 Å². The summed E-state index contributed by atoms with van der Waals surface area (Å²) in [6, 6.07) is 1.55. The molecule has 0 unspecified atom stereocenters. The van der Waals surface area contributed by atoms with Gasteiger partial charge in [-0.15, -0.1) is 0 Å². The highest BCUT2D eigenvalue weighted by molar-refractivity contribution is 5.59. The summed E-state index contributed by atoms with van der Waals surface area (Å²) in [6.45, 7) is 0.477. The van der Waals surface area contributed by atoms with Crippen molar-refractivity contribution in [3.8, 4) is 0 Å². The van der Waals surface area contributed by atoms with Crippen LogP contribution in [0, 0.1) is 10.1 Å². The number of hydrogen-bond acceptors (Lipinski definition) is 7. The highest BCUT2D eigenvalue weighted by Crippen LogP contribution is 2.21. The van der Waals surface area contributed by atoms with Crippen LogP contribution in [0.3, 0.4) is 0 Å². The van der Waals surface area contributed by atoms with Crippen LogP contribution >= 0.6 is 0 Å². The molecule has 0 fully saturated rings. The lowest BCUT2D eigenvalue weighted by molar-refractivity contribution is -0.384. The number of nitrogens with one attached hydrogen (secondary N) is 1. The topological polar surface area (TPSA) is 107 Å². The predicted molar refractivity (Wildman–Crippen MR) is 57.4 cm³/mol. The van der Waals surface area contributed by atoms with E-state index >= 15 is 0 Å². The first-order valence-corrected chi connectivity index (χ1v) is 4.85. The Kier molecular flexibility index (Phi) is 3.24. The summed E-state index contributed by atoms with van der Waals surface area (Å²) < 4.78 is 4.57. The van der Waals surface area contributed by atoms with E-state index in [2.05, 4.69) is 25.0 Å². The number of hydrogen-bond donors (Lipinski definition) is 1. The van der Waals surface area contributed by atoms with E-state index in [1.54, 1.807) is 6.07 Å². The number of nitrogens with zero attached hydrogens (tertiary/aromatic N) is 4. The van der Waals surface area contributed by atoms with Crippen molar-refractivity contribution in [3.63, 3.8) is 0 Å². The lowest BCUT2D eigenvalue weighted by Crippen LogP contribution is -2.07. The number of aromatic nitrogens is 3. The average Bonchev–Trinajstić information content (AvgIpc) is 2.82. The summed E-state index contributed by atoms with van der Waals surface area (Å²) in [4.78, 5) is 17.8. The first-order chi connectivity index (χ1) is 8.27. The fourth-order valence-electron chi connectivity index (χ4n) is 1.29. The molecule has 0 aliphatic heterocycles. The summed E-state index contributed by atoms with van der Waals surface area (Å²) in [6.07, 6.45) is 4.46. The molecule has 2 heterocycles. The molecule has 0 radical (unpaired) electrons. The van der Waals surface area contributed by atoms with Crippen LogP contribution in [0.25, 0.3) is 0 Å². The summed E-state index contributed by atoms with van der Waals surface area (Å²) in [7, 11) is 0. The molecule has 0 aliphatic rings. The van der Waals surface area contributed by atoms with Crippen molar-refractivity contribution >= 4 is 11.4 Å². The van der Waals surface area contributed by atoms with E-state index < -0.39 is 4.92 Å². The zero-order valence-electron chi connectivity index (χ0n) is 8.74. The van der Waals surface area contributed by atoms with E-state index in [1.807, 2.05) is 0 Å². The molecule has 2 rings (SSSR count). The van der Waals surface area contributed by atoms with E-state index in [9.17, 15) is 10.1 Å². The SMILES string of the molecule is O=[N+]([O-])c1cnccc1NCCc1ncon1. The molecule has 0 atom stereocenters. The van der Waals surface area contributed by atoms with Gasteiger partial charge in [-0.25, -0.2) is 0 Å². The Labute approximate surface area is 95.8 Å². The Bertz CT molecular complexity index is 499. The predicted octanol–water partition coefficient (Wildman–Crippen LogP) is 1.03. The monoisotopic (exact) mass is 235 g/mol. The molecule has 0 aliphatic carbocycles. The molecule has 8 nitrogen and oxygen atoms in total. The fourth-order valence-corrected chi connectivity index (χ4v) is 1.29. The lowest BCUT2D eigenvalue weighted by Gasteiger charge is -2.04. The van der Waals surface area contributed by atoms with Crippen molar-refractivity contribution in [2.75, 3.05) is 11.9 Å². The highest BCUT2D eigenvalue weighted by Gasteiger charge is 2.12. The third kappa shape index (κ3) is 2.74. The molecule has 0 aromatic carbocycles. The third-order valence-electron chi connectivity index (χ3n) is 2.07. The zero-order valence-corrected chi connectivity index (χ0v) is 8.74. The maximum Gasteiger partial charge on any atom is 0.310 e. The second kappa shape index (κ2) is 5.01.